The van der Waals surface area contributed by atoms with Crippen LogP contribution in [0.2, 0.25) is 0 Å². The molecule has 6 rings (SSSR count). The molecule has 7 nitrogen and oxygen atoms in total. The predicted molar refractivity (Wildman–Crippen MR) is 155 cm³/mol. The summed E-state index contributed by atoms with van der Waals surface area (Å²) in [5, 5.41) is 0. The molecule has 9 heteroatoms. The summed E-state index contributed by atoms with van der Waals surface area (Å²) in [7, 11) is -1.86. The Kier molecular flexibility index (Phi) is 7.25. The van der Waals surface area contributed by atoms with Crippen molar-refractivity contribution in [1.29, 1.82) is 0 Å². The molecule has 0 saturated heterocycles. The van der Waals surface area contributed by atoms with Crippen LogP contribution >= 0.6 is 0 Å². The first-order chi connectivity index (χ1) is 19.7. The van der Waals surface area contributed by atoms with Gasteiger partial charge in [0.25, 0.3) is 0 Å². The molecule has 1 aromatic heterocycles. The third-order valence-electron chi connectivity index (χ3n) is 8.25. The highest BCUT2D eigenvalue weighted by molar-refractivity contribution is 7.89. The number of anilines is 1. The monoisotopic (exact) mass is 572 g/mol. The van der Waals surface area contributed by atoms with Crippen molar-refractivity contribution in [3.63, 3.8) is 0 Å². The number of nitrogens with one attached hydrogen (secondary N) is 1. The Morgan fingerprint density at radius 2 is 1.93 bits per heavy atom. The summed E-state index contributed by atoms with van der Waals surface area (Å²) in [4.78, 5) is 20.4. The van der Waals surface area contributed by atoms with E-state index in [0.717, 1.165) is 35.4 Å². The Balaban J connectivity index is 1.32. The van der Waals surface area contributed by atoms with Gasteiger partial charge in [0.05, 0.1) is 11.4 Å². The molecule has 41 heavy (non-hydrogen) atoms. The molecule has 212 valence electrons. The SMILES string of the molecule is Cc1cccc(S(=O)(=O)N[C@H]2CCCc3ccc(N(Cc4nccn4C)C(=O)[C@H]4C[C@@H]4c4ccccc4F)cc32)c1. The Morgan fingerprint density at radius 1 is 1.10 bits per heavy atom. The van der Waals surface area contributed by atoms with Crippen LogP contribution in [0.4, 0.5) is 10.1 Å². The van der Waals surface area contributed by atoms with Gasteiger partial charge in [-0.25, -0.2) is 22.5 Å². The molecule has 3 aromatic carbocycles. The minimum atomic E-state index is -3.75. The number of nitrogens with zero attached hydrogens (tertiary/aromatic N) is 3. The molecule has 0 aliphatic heterocycles. The second-order valence-corrected chi connectivity index (χ2v) is 12.8. The number of aryl methyl sites for hydroxylation is 3. The van der Waals surface area contributed by atoms with Crippen molar-refractivity contribution in [3.05, 3.63) is 113 Å². The third-order valence-corrected chi connectivity index (χ3v) is 9.72. The lowest BCUT2D eigenvalue weighted by Gasteiger charge is -2.29. The molecule has 1 saturated carbocycles. The number of hydrogen-bond acceptors (Lipinski definition) is 4. The highest BCUT2D eigenvalue weighted by Gasteiger charge is 2.47. The number of benzene rings is 3. The Hall–Kier alpha value is -3.82. The number of halogens is 1. The number of aromatic nitrogens is 2. The van der Waals surface area contributed by atoms with E-state index in [1.54, 1.807) is 47.5 Å². The Morgan fingerprint density at radius 3 is 2.68 bits per heavy atom. The maximum atomic E-state index is 14.5. The van der Waals surface area contributed by atoms with Crippen molar-refractivity contribution in [2.45, 2.75) is 56.0 Å². The van der Waals surface area contributed by atoms with Crippen LogP contribution in [0, 0.1) is 18.7 Å². The summed E-state index contributed by atoms with van der Waals surface area (Å²) >= 11 is 0. The first-order valence-corrected chi connectivity index (χ1v) is 15.4. The van der Waals surface area contributed by atoms with Crippen LogP contribution in [-0.2, 0) is 34.8 Å². The zero-order valence-corrected chi connectivity index (χ0v) is 23.9. The molecule has 1 amide bonds. The van der Waals surface area contributed by atoms with E-state index in [4.69, 9.17) is 0 Å². The van der Waals surface area contributed by atoms with E-state index in [2.05, 4.69) is 9.71 Å². The number of imidazole rings is 1. The summed E-state index contributed by atoms with van der Waals surface area (Å²) < 4.78 is 46.0. The van der Waals surface area contributed by atoms with Gasteiger partial charge >= 0.3 is 0 Å². The molecular formula is C32H33FN4O3S. The van der Waals surface area contributed by atoms with E-state index in [0.29, 0.717) is 24.1 Å². The second-order valence-electron chi connectivity index (χ2n) is 11.1. The van der Waals surface area contributed by atoms with E-state index < -0.39 is 16.1 Å². The average Bonchev–Trinajstić information content (AvgIpc) is 3.65. The van der Waals surface area contributed by atoms with Gasteiger partial charge < -0.3 is 9.47 Å². The smallest absolute Gasteiger partial charge is 0.241 e. The lowest BCUT2D eigenvalue weighted by molar-refractivity contribution is -0.120. The number of carbonyl (C=O) groups excluding carboxylic acids is 1. The topological polar surface area (TPSA) is 84.3 Å². The Bertz CT molecular complexity index is 1720. The van der Waals surface area contributed by atoms with Crippen molar-refractivity contribution in [2.75, 3.05) is 4.90 Å². The quantitative estimate of drug-likeness (QED) is 0.300. The zero-order valence-electron chi connectivity index (χ0n) is 23.1. The van der Waals surface area contributed by atoms with E-state index in [-0.39, 0.29) is 35.0 Å². The highest BCUT2D eigenvalue weighted by atomic mass is 32.2. The molecule has 3 atom stereocenters. The minimum Gasteiger partial charge on any atom is -0.337 e. The van der Waals surface area contributed by atoms with Gasteiger partial charge in [0.2, 0.25) is 15.9 Å². The molecule has 1 fully saturated rings. The van der Waals surface area contributed by atoms with E-state index in [1.165, 1.54) is 6.07 Å². The number of fused-ring (bicyclic) bond motifs is 1. The van der Waals surface area contributed by atoms with Gasteiger partial charge in [0, 0.05) is 37.1 Å². The summed E-state index contributed by atoms with van der Waals surface area (Å²) in [6.07, 6.45) is 6.47. The lowest BCUT2D eigenvalue weighted by atomic mass is 9.87. The van der Waals surface area contributed by atoms with Gasteiger partial charge in [-0.2, -0.15) is 0 Å². The maximum Gasteiger partial charge on any atom is 0.241 e. The van der Waals surface area contributed by atoms with Crippen LogP contribution in [0.3, 0.4) is 0 Å². The van der Waals surface area contributed by atoms with E-state index >= 15 is 0 Å². The molecule has 4 aromatic rings. The number of sulfonamides is 1. The van der Waals surface area contributed by atoms with Gasteiger partial charge in [-0.3, -0.25) is 4.79 Å². The molecule has 0 bridgehead atoms. The zero-order chi connectivity index (χ0) is 28.7. The highest BCUT2D eigenvalue weighted by Crippen LogP contribution is 2.50. The predicted octanol–water partition coefficient (Wildman–Crippen LogP) is 5.56. The Labute approximate surface area is 240 Å². The van der Waals surface area contributed by atoms with Crippen molar-refractivity contribution in [3.8, 4) is 0 Å². The summed E-state index contributed by atoms with van der Waals surface area (Å²) in [5.41, 5.74) is 4.06. The summed E-state index contributed by atoms with van der Waals surface area (Å²) in [5.74, 6) is -0.163. The minimum absolute atomic E-state index is 0.0890. The largest absolute Gasteiger partial charge is 0.337 e. The van der Waals surface area contributed by atoms with E-state index in [9.17, 15) is 17.6 Å². The molecule has 2 aliphatic carbocycles. The third kappa shape index (κ3) is 5.56. The van der Waals surface area contributed by atoms with Crippen molar-refractivity contribution >= 4 is 21.6 Å². The van der Waals surface area contributed by atoms with Crippen LogP contribution in [0.5, 0.6) is 0 Å². The molecule has 1 heterocycles. The van der Waals surface area contributed by atoms with Crippen LogP contribution in [-0.4, -0.2) is 23.9 Å². The maximum absolute atomic E-state index is 14.5. The lowest BCUT2D eigenvalue weighted by Crippen LogP contribution is -2.34. The van der Waals surface area contributed by atoms with Gasteiger partial charge in [-0.1, -0.05) is 36.4 Å². The number of carbonyl (C=O) groups is 1. The molecule has 0 radical (unpaired) electrons. The van der Waals surface area contributed by atoms with Crippen LogP contribution in [0.15, 0.2) is 84.0 Å². The van der Waals surface area contributed by atoms with Crippen LogP contribution in [0.1, 0.15) is 59.3 Å². The summed E-state index contributed by atoms with van der Waals surface area (Å²) in [6.45, 7) is 2.12. The van der Waals surface area contributed by atoms with Gasteiger partial charge in [-0.15, -0.1) is 0 Å². The van der Waals surface area contributed by atoms with Crippen molar-refractivity contribution in [1.82, 2.24) is 14.3 Å². The second kappa shape index (κ2) is 10.9. The summed E-state index contributed by atoms with van der Waals surface area (Å²) in [6, 6.07) is 19.0. The fraction of sp³-hybridized carbons (Fsp3) is 0.312. The van der Waals surface area contributed by atoms with Crippen LogP contribution < -0.4 is 9.62 Å². The fourth-order valence-corrected chi connectivity index (χ4v) is 7.24. The average molecular weight is 573 g/mol. The van der Waals surface area contributed by atoms with Gasteiger partial charge in [0.1, 0.15) is 11.6 Å². The molecule has 0 spiro atoms. The standard InChI is InChI=1S/C32H33FN4O3S/c1-21-7-5-9-24(17-21)41(39,40)35-30-12-6-8-22-13-14-23(18-26(22)30)37(20-31-34-15-16-36(31)2)32(38)28-19-27(28)25-10-3-4-11-29(25)33/h3-5,7,9-11,13-18,27-28,30,35H,6,8,12,19-20H2,1-2H3/t27-,28+,30+/m1/s1. The van der Waals surface area contributed by atoms with Crippen molar-refractivity contribution in [2.24, 2.45) is 13.0 Å². The molecule has 0 unspecified atom stereocenters. The van der Waals surface area contributed by atoms with Crippen LogP contribution in [0.25, 0.3) is 0 Å². The first-order valence-electron chi connectivity index (χ1n) is 13.9. The normalized spacial score (nSPS) is 19.9. The molecule has 1 N–H and O–H groups in total. The van der Waals surface area contributed by atoms with Gasteiger partial charge in [-0.05, 0) is 91.1 Å². The number of amides is 1. The number of hydrogen-bond donors (Lipinski definition) is 1. The number of rotatable bonds is 8. The molecular weight excluding hydrogens is 539 g/mol. The van der Waals surface area contributed by atoms with E-state index in [1.807, 2.05) is 49.0 Å². The first kappa shape index (κ1) is 27.4. The van der Waals surface area contributed by atoms with Gasteiger partial charge in [0.15, 0.2) is 0 Å². The van der Waals surface area contributed by atoms with Crippen molar-refractivity contribution < 1.29 is 17.6 Å². The molecule has 2 aliphatic rings. The fourth-order valence-electron chi connectivity index (χ4n) is 5.89.